The van der Waals surface area contributed by atoms with E-state index in [1.807, 2.05) is 11.0 Å². The number of nitrogens with zero attached hydrogens (tertiary/aromatic N) is 3. The number of rotatable bonds is 5. The maximum absolute atomic E-state index is 11.3. The highest BCUT2D eigenvalue weighted by Crippen LogP contribution is 2.27. The van der Waals surface area contributed by atoms with Crippen molar-refractivity contribution in [3.05, 3.63) is 22.9 Å². The third-order valence-electron chi connectivity index (χ3n) is 3.38. The van der Waals surface area contributed by atoms with Gasteiger partial charge in [0.15, 0.2) is 0 Å². The monoisotopic (exact) mass is 272 g/mol. The lowest BCUT2D eigenvalue weighted by atomic mass is 10.1. The Hall–Kier alpha value is -2.09. The summed E-state index contributed by atoms with van der Waals surface area (Å²) in [5.41, 5.74) is 8.07. The van der Waals surface area contributed by atoms with Crippen LogP contribution in [0.15, 0.2) is 6.07 Å². The van der Waals surface area contributed by atoms with Gasteiger partial charge in [0, 0.05) is 12.2 Å². The Morgan fingerprint density at radius 1 is 1.55 bits per heavy atom. The number of amides is 1. The first kappa shape index (κ1) is 14.3. The number of primary amides is 1. The molecular weight excluding hydrogens is 252 g/mol. The first-order valence-electron chi connectivity index (χ1n) is 6.97. The number of carbonyl (C=O) groups is 1. The summed E-state index contributed by atoms with van der Waals surface area (Å²) in [6.45, 7) is 4.88. The molecule has 20 heavy (non-hydrogen) atoms. The summed E-state index contributed by atoms with van der Waals surface area (Å²) >= 11 is 0. The SMILES string of the molecule is CC(C)CN(CC(N)=O)c1nc2c(cc1C#N)CCC2. The molecule has 0 aromatic carbocycles. The summed E-state index contributed by atoms with van der Waals surface area (Å²) in [4.78, 5) is 17.7. The molecular formula is C15H20N4O. The number of nitriles is 1. The van der Waals surface area contributed by atoms with Gasteiger partial charge in [-0.25, -0.2) is 4.98 Å². The molecule has 0 aliphatic heterocycles. The molecule has 1 aromatic heterocycles. The van der Waals surface area contributed by atoms with Crippen LogP contribution in [0.4, 0.5) is 5.82 Å². The molecule has 0 radical (unpaired) electrons. The van der Waals surface area contributed by atoms with Gasteiger partial charge >= 0.3 is 0 Å². The molecule has 106 valence electrons. The van der Waals surface area contributed by atoms with Crippen LogP contribution in [0.2, 0.25) is 0 Å². The predicted molar refractivity (Wildman–Crippen MR) is 77.2 cm³/mol. The molecule has 1 heterocycles. The van der Waals surface area contributed by atoms with E-state index < -0.39 is 5.91 Å². The van der Waals surface area contributed by atoms with Crippen LogP contribution in [-0.4, -0.2) is 24.0 Å². The number of hydrogen-bond donors (Lipinski definition) is 1. The zero-order chi connectivity index (χ0) is 14.7. The lowest BCUT2D eigenvalue weighted by Crippen LogP contribution is -2.37. The number of aryl methyl sites for hydroxylation is 2. The van der Waals surface area contributed by atoms with Crippen LogP contribution in [0.3, 0.4) is 0 Å². The van der Waals surface area contributed by atoms with Gasteiger partial charge in [0.05, 0.1) is 12.1 Å². The van der Waals surface area contributed by atoms with Crippen LogP contribution >= 0.6 is 0 Å². The van der Waals surface area contributed by atoms with E-state index in [9.17, 15) is 10.1 Å². The zero-order valence-corrected chi connectivity index (χ0v) is 12.0. The zero-order valence-electron chi connectivity index (χ0n) is 12.0. The van der Waals surface area contributed by atoms with Crippen LogP contribution < -0.4 is 10.6 Å². The van der Waals surface area contributed by atoms with E-state index in [1.165, 1.54) is 0 Å². The van der Waals surface area contributed by atoms with Crippen LogP contribution in [-0.2, 0) is 17.6 Å². The van der Waals surface area contributed by atoms with Crippen molar-refractivity contribution in [3.63, 3.8) is 0 Å². The molecule has 1 amide bonds. The van der Waals surface area contributed by atoms with Crippen LogP contribution in [0.25, 0.3) is 0 Å². The van der Waals surface area contributed by atoms with Crippen LogP contribution in [0.5, 0.6) is 0 Å². The van der Waals surface area contributed by atoms with Crippen molar-refractivity contribution < 1.29 is 4.79 Å². The number of anilines is 1. The molecule has 0 saturated carbocycles. The molecule has 2 N–H and O–H groups in total. The Morgan fingerprint density at radius 2 is 2.30 bits per heavy atom. The minimum atomic E-state index is -0.406. The quantitative estimate of drug-likeness (QED) is 0.878. The average molecular weight is 272 g/mol. The van der Waals surface area contributed by atoms with E-state index in [0.29, 0.717) is 23.8 Å². The smallest absolute Gasteiger partial charge is 0.236 e. The second kappa shape index (κ2) is 5.91. The number of nitrogens with two attached hydrogens (primary N) is 1. The van der Waals surface area contributed by atoms with Crippen molar-refractivity contribution >= 4 is 11.7 Å². The highest BCUT2D eigenvalue weighted by atomic mass is 16.1. The van der Waals surface area contributed by atoms with Crippen molar-refractivity contribution in [3.8, 4) is 6.07 Å². The molecule has 1 aromatic rings. The van der Waals surface area contributed by atoms with Gasteiger partial charge in [-0.2, -0.15) is 5.26 Å². The summed E-state index contributed by atoms with van der Waals surface area (Å²) in [5, 5.41) is 9.33. The van der Waals surface area contributed by atoms with E-state index in [0.717, 1.165) is 30.5 Å². The Balaban J connectivity index is 2.41. The van der Waals surface area contributed by atoms with Crippen molar-refractivity contribution in [2.24, 2.45) is 11.7 Å². The molecule has 0 spiro atoms. The highest BCUT2D eigenvalue weighted by molar-refractivity contribution is 5.79. The molecule has 1 aliphatic carbocycles. The summed E-state index contributed by atoms with van der Waals surface area (Å²) < 4.78 is 0. The van der Waals surface area contributed by atoms with Gasteiger partial charge in [-0.05, 0) is 36.8 Å². The predicted octanol–water partition coefficient (Wildman–Crippen LogP) is 1.39. The minimum Gasteiger partial charge on any atom is -0.368 e. The highest BCUT2D eigenvalue weighted by Gasteiger charge is 2.21. The fraction of sp³-hybridized carbons (Fsp3) is 0.533. The van der Waals surface area contributed by atoms with E-state index in [4.69, 9.17) is 5.73 Å². The molecule has 1 aliphatic rings. The van der Waals surface area contributed by atoms with Gasteiger partial charge in [0.2, 0.25) is 5.91 Å². The Bertz CT molecular complexity index is 560. The van der Waals surface area contributed by atoms with E-state index >= 15 is 0 Å². The maximum atomic E-state index is 11.3. The maximum Gasteiger partial charge on any atom is 0.236 e. The second-order valence-corrected chi connectivity index (χ2v) is 5.67. The summed E-state index contributed by atoms with van der Waals surface area (Å²) in [5.74, 6) is 0.549. The molecule has 0 fully saturated rings. The third kappa shape index (κ3) is 3.08. The van der Waals surface area contributed by atoms with Crippen molar-refractivity contribution in [1.29, 1.82) is 5.26 Å². The number of aromatic nitrogens is 1. The van der Waals surface area contributed by atoms with Crippen LogP contribution in [0, 0.1) is 17.2 Å². The number of carbonyl (C=O) groups excluding carboxylic acids is 1. The second-order valence-electron chi connectivity index (χ2n) is 5.67. The van der Waals surface area contributed by atoms with Gasteiger partial charge in [-0.1, -0.05) is 13.8 Å². The molecule has 0 bridgehead atoms. The summed E-state index contributed by atoms with van der Waals surface area (Å²) in [7, 11) is 0. The molecule has 0 saturated heterocycles. The fourth-order valence-corrected chi connectivity index (χ4v) is 2.64. The van der Waals surface area contributed by atoms with Gasteiger partial charge in [0.25, 0.3) is 0 Å². The Kier molecular flexibility index (Phi) is 4.23. The van der Waals surface area contributed by atoms with Gasteiger partial charge in [0.1, 0.15) is 11.9 Å². The minimum absolute atomic E-state index is 0.0959. The standard InChI is InChI=1S/C15H20N4O/c1-10(2)8-19(9-14(17)20)15-12(7-16)6-11-4-3-5-13(11)18-15/h6,10H,3-5,8-9H2,1-2H3,(H2,17,20). The van der Waals surface area contributed by atoms with E-state index in [1.54, 1.807) is 0 Å². The largest absolute Gasteiger partial charge is 0.368 e. The van der Waals surface area contributed by atoms with Crippen molar-refractivity contribution in [2.75, 3.05) is 18.0 Å². The van der Waals surface area contributed by atoms with Gasteiger partial charge in [-0.3, -0.25) is 4.79 Å². The molecule has 0 atom stereocenters. The number of fused-ring (bicyclic) bond motifs is 1. The number of hydrogen-bond acceptors (Lipinski definition) is 4. The average Bonchev–Trinajstić information content (AvgIpc) is 2.82. The Labute approximate surface area is 119 Å². The molecule has 2 rings (SSSR count). The van der Waals surface area contributed by atoms with Crippen molar-refractivity contribution in [2.45, 2.75) is 33.1 Å². The molecule has 5 nitrogen and oxygen atoms in total. The first-order valence-corrected chi connectivity index (χ1v) is 6.97. The fourth-order valence-electron chi connectivity index (χ4n) is 2.64. The summed E-state index contributed by atoms with van der Waals surface area (Å²) in [6.07, 6.45) is 3.01. The lowest BCUT2D eigenvalue weighted by Gasteiger charge is -2.25. The van der Waals surface area contributed by atoms with E-state index in [-0.39, 0.29) is 6.54 Å². The first-order chi connectivity index (χ1) is 9.51. The topological polar surface area (TPSA) is 83.0 Å². The van der Waals surface area contributed by atoms with Crippen LogP contribution in [0.1, 0.15) is 37.1 Å². The summed E-state index contributed by atoms with van der Waals surface area (Å²) in [6, 6.07) is 4.11. The lowest BCUT2D eigenvalue weighted by molar-refractivity contribution is -0.116. The van der Waals surface area contributed by atoms with Gasteiger partial charge < -0.3 is 10.6 Å². The normalized spacial score (nSPS) is 13.1. The Morgan fingerprint density at radius 3 is 2.90 bits per heavy atom. The molecule has 5 heteroatoms. The third-order valence-corrected chi connectivity index (χ3v) is 3.38. The van der Waals surface area contributed by atoms with E-state index in [2.05, 4.69) is 24.9 Å². The number of pyridine rings is 1. The van der Waals surface area contributed by atoms with Gasteiger partial charge in [-0.15, -0.1) is 0 Å². The molecule has 0 unspecified atom stereocenters. The van der Waals surface area contributed by atoms with Crippen molar-refractivity contribution in [1.82, 2.24) is 4.98 Å².